The van der Waals surface area contributed by atoms with E-state index in [9.17, 15) is 17.2 Å². The predicted molar refractivity (Wildman–Crippen MR) is 106 cm³/mol. The molecule has 2 nitrogen and oxygen atoms in total. The summed E-state index contributed by atoms with van der Waals surface area (Å²) >= 11 is 9.63. The van der Waals surface area contributed by atoms with Gasteiger partial charge in [-0.2, -0.15) is 8.78 Å². The van der Waals surface area contributed by atoms with Crippen molar-refractivity contribution in [3.05, 3.63) is 75.2 Å². The molecule has 0 amide bonds. The first kappa shape index (κ1) is 18.8. The largest absolute Gasteiger partial charge is 0.341 e. The summed E-state index contributed by atoms with van der Waals surface area (Å²) in [5.41, 5.74) is 3.77. The van der Waals surface area contributed by atoms with Crippen molar-refractivity contribution in [3.63, 3.8) is 0 Å². The van der Waals surface area contributed by atoms with Crippen molar-refractivity contribution in [2.45, 2.75) is 23.5 Å². The van der Waals surface area contributed by atoms with E-state index in [-0.39, 0.29) is 10.3 Å². The maximum Gasteiger partial charge on any atom is 0.341 e. The molecule has 7 heteroatoms. The van der Waals surface area contributed by atoms with Gasteiger partial charge in [0.25, 0.3) is 0 Å². The van der Waals surface area contributed by atoms with Crippen molar-refractivity contribution in [2.24, 2.45) is 5.41 Å². The first-order valence-electron chi connectivity index (χ1n) is 8.26. The van der Waals surface area contributed by atoms with Gasteiger partial charge < -0.3 is 0 Å². The lowest BCUT2D eigenvalue weighted by atomic mass is 9.95. The summed E-state index contributed by atoms with van der Waals surface area (Å²) in [7, 11) is -4.59. The van der Waals surface area contributed by atoms with Crippen LogP contribution in [0.2, 0.25) is 5.02 Å². The van der Waals surface area contributed by atoms with Crippen molar-refractivity contribution in [1.29, 1.82) is 0 Å². The van der Waals surface area contributed by atoms with Crippen molar-refractivity contribution in [3.8, 4) is 0 Å². The highest BCUT2D eigenvalue weighted by atomic mass is 79.9. The van der Waals surface area contributed by atoms with Gasteiger partial charge in [0.15, 0.2) is 0 Å². The summed E-state index contributed by atoms with van der Waals surface area (Å²) in [5, 5.41) is 0.600. The fraction of sp³-hybridized carbons (Fsp3) is 0.200. The maximum atomic E-state index is 12.7. The fourth-order valence-electron chi connectivity index (χ4n) is 3.27. The second-order valence-electron chi connectivity index (χ2n) is 6.81. The number of alkyl halides is 2. The van der Waals surface area contributed by atoms with Crippen LogP contribution < -0.4 is 0 Å². The van der Waals surface area contributed by atoms with Crippen molar-refractivity contribution < 1.29 is 17.2 Å². The number of rotatable bonds is 4. The van der Waals surface area contributed by atoms with E-state index in [0.717, 1.165) is 39.6 Å². The molecule has 0 unspecified atom stereocenters. The molecule has 27 heavy (non-hydrogen) atoms. The molecule has 0 bridgehead atoms. The van der Waals surface area contributed by atoms with Crippen LogP contribution in [0, 0.1) is 5.41 Å². The van der Waals surface area contributed by atoms with Crippen LogP contribution in [0.1, 0.15) is 24.0 Å². The quantitative estimate of drug-likeness (QED) is 0.520. The van der Waals surface area contributed by atoms with Crippen molar-refractivity contribution >= 4 is 48.5 Å². The lowest BCUT2D eigenvalue weighted by Gasteiger charge is -2.11. The number of hydrogen-bond acceptors (Lipinski definition) is 2. The van der Waals surface area contributed by atoms with Gasteiger partial charge >= 0.3 is 5.76 Å². The smallest absolute Gasteiger partial charge is 0.218 e. The molecule has 0 aliphatic heterocycles. The van der Waals surface area contributed by atoms with Gasteiger partial charge in [-0.25, -0.2) is 8.42 Å². The van der Waals surface area contributed by atoms with Crippen LogP contribution in [0.4, 0.5) is 8.78 Å². The van der Waals surface area contributed by atoms with Gasteiger partial charge in [-0.05, 0) is 75.3 Å². The minimum absolute atomic E-state index is 0.0396. The van der Waals surface area contributed by atoms with Crippen LogP contribution in [-0.2, 0) is 9.84 Å². The topological polar surface area (TPSA) is 34.1 Å². The van der Waals surface area contributed by atoms with Crippen LogP contribution in [0.3, 0.4) is 0 Å². The van der Waals surface area contributed by atoms with E-state index >= 15 is 0 Å². The van der Waals surface area contributed by atoms with Gasteiger partial charge in [0.1, 0.15) is 0 Å². The third kappa shape index (κ3) is 3.39. The van der Waals surface area contributed by atoms with Gasteiger partial charge in [0, 0.05) is 9.89 Å². The molecule has 0 atom stereocenters. The molecule has 0 radical (unpaired) electrons. The van der Waals surface area contributed by atoms with E-state index in [0.29, 0.717) is 5.02 Å². The number of hydrogen-bond donors (Lipinski definition) is 0. The predicted octanol–water partition coefficient (Wildman–Crippen LogP) is 6.36. The Morgan fingerprint density at radius 1 is 0.963 bits per heavy atom. The molecule has 2 aromatic rings. The van der Waals surface area contributed by atoms with E-state index in [1.54, 1.807) is 12.1 Å². The molecular weight excluding hydrogens is 458 g/mol. The average molecular weight is 472 g/mol. The summed E-state index contributed by atoms with van der Waals surface area (Å²) < 4.78 is 49.6. The first-order valence-corrected chi connectivity index (χ1v) is 11.0. The minimum Gasteiger partial charge on any atom is -0.218 e. The Bertz CT molecular complexity index is 1090. The Hall–Kier alpha value is -1.50. The summed E-state index contributed by atoms with van der Waals surface area (Å²) in [6, 6.07) is 11.4. The second kappa shape index (κ2) is 6.54. The van der Waals surface area contributed by atoms with Crippen molar-refractivity contribution in [1.82, 2.24) is 0 Å². The standard InChI is InChI=1S/C20H14BrClF2O2S/c21-17-6-3-13(9-18(17)22)16-11-20(7-8-20)10-15(16)12-1-4-14(5-2-12)27(25,26)19(23)24/h1-6,9-11,19H,7-8H2. The highest BCUT2D eigenvalue weighted by Crippen LogP contribution is 2.57. The highest BCUT2D eigenvalue weighted by molar-refractivity contribution is 9.10. The number of sulfone groups is 1. The maximum absolute atomic E-state index is 12.7. The summed E-state index contributed by atoms with van der Waals surface area (Å²) in [6.45, 7) is 0. The van der Waals surface area contributed by atoms with Crippen LogP contribution in [0.25, 0.3) is 11.1 Å². The summed E-state index contributed by atoms with van der Waals surface area (Å²) in [5.74, 6) is -3.43. The number of benzene rings is 2. The Kier molecular flexibility index (Phi) is 4.56. The van der Waals surface area contributed by atoms with Gasteiger partial charge in [-0.3, -0.25) is 0 Å². The molecule has 0 saturated heterocycles. The van der Waals surface area contributed by atoms with Gasteiger partial charge in [0.2, 0.25) is 9.84 Å². The Balaban J connectivity index is 1.74. The molecule has 1 spiro atoms. The monoisotopic (exact) mass is 470 g/mol. The molecule has 2 aromatic carbocycles. The third-order valence-corrected chi connectivity index (χ3v) is 7.57. The molecular formula is C20H14BrClF2O2S. The summed E-state index contributed by atoms with van der Waals surface area (Å²) in [6.07, 6.45) is 6.50. The van der Waals surface area contributed by atoms with Crippen LogP contribution >= 0.6 is 27.5 Å². The molecule has 2 aliphatic rings. The average Bonchev–Trinajstić information content (AvgIpc) is 3.28. The van der Waals surface area contributed by atoms with E-state index in [4.69, 9.17) is 11.6 Å². The number of allylic oxidation sites excluding steroid dienone is 4. The van der Waals surface area contributed by atoms with E-state index < -0.39 is 15.6 Å². The Morgan fingerprint density at radius 2 is 1.52 bits per heavy atom. The number of halogens is 4. The normalized spacial score (nSPS) is 18.0. The SMILES string of the molecule is O=S(=O)(c1ccc(C2=CC3(C=C2c2ccc(Br)c(Cl)c2)CC3)cc1)C(F)F. The van der Waals surface area contributed by atoms with E-state index in [1.165, 1.54) is 12.1 Å². The third-order valence-electron chi connectivity index (χ3n) is 4.94. The van der Waals surface area contributed by atoms with E-state index in [2.05, 4.69) is 28.1 Å². The Labute approximate surface area is 169 Å². The van der Waals surface area contributed by atoms with Gasteiger partial charge in [-0.15, -0.1) is 0 Å². The van der Waals surface area contributed by atoms with Gasteiger partial charge in [-0.1, -0.05) is 42.0 Å². The molecule has 140 valence electrons. The molecule has 0 aromatic heterocycles. The Morgan fingerprint density at radius 3 is 2.04 bits per heavy atom. The first-order chi connectivity index (χ1) is 12.7. The van der Waals surface area contributed by atoms with Crippen LogP contribution in [0.15, 0.2) is 64.0 Å². The molecule has 1 saturated carbocycles. The molecule has 4 rings (SSSR count). The second-order valence-corrected chi connectivity index (χ2v) is 9.99. The summed E-state index contributed by atoms with van der Waals surface area (Å²) in [4.78, 5) is -0.377. The zero-order valence-electron chi connectivity index (χ0n) is 13.9. The molecule has 0 heterocycles. The zero-order valence-corrected chi connectivity index (χ0v) is 17.1. The lowest BCUT2D eigenvalue weighted by Crippen LogP contribution is -2.11. The molecule has 0 N–H and O–H groups in total. The molecule has 2 aliphatic carbocycles. The van der Waals surface area contributed by atoms with Crippen molar-refractivity contribution in [2.75, 3.05) is 0 Å². The van der Waals surface area contributed by atoms with E-state index in [1.807, 2.05) is 18.2 Å². The van der Waals surface area contributed by atoms with Crippen LogP contribution in [0.5, 0.6) is 0 Å². The fourth-order valence-corrected chi connectivity index (χ4v) is 4.42. The molecule has 1 fully saturated rings. The van der Waals surface area contributed by atoms with Crippen LogP contribution in [-0.4, -0.2) is 14.2 Å². The van der Waals surface area contributed by atoms with Gasteiger partial charge in [0.05, 0.1) is 9.92 Å². The lowest BCUT2D eigenvalue weighted by molar-refractivity contribution is 0.234. The zero-order chi connectivity index (χ0) is 19.4. The highest BCUT2D eigenvalue weighted by Gasteiger charge is 2.43. The minimum atomic E-state index is -4.59.